The Labute approximate surface area is 181 Å². The van der Waals surface area contributed by atoms with Crippen molar-refractivity contribution < 1.29 is 29.2 Å². The predicted molar refractivity (Wildman–Crippen MR) is 109 cm³/mol. The number of aromatic hydroxyl groups is 1. The summed E-state index contributed by atoms with van der Waals surface area (Å²) in [5.74, 6) is 0.980. The molecule has 6 atom stereocenters. The third kappa shape index (κ3) is 2.09. The van der Waals surface area contributed by atoms with Gasteiger partial charge in [-0.1, -0.05) is 6.07 Å². The van der Waals surface area contributed by atoms with Crippen molar-refractivity contribution >= 4 is 5.97 Å². The lowest BCUT2D eigenvalue weighted by Gasteiger charge is -2.64. The minimum absolute atomic E-state index is 0.0214. The number of hydrogen-bond donors (Lipinski definition) is 2. The van der Waals surface area contributed by atoms with Crippen LogP contribution in [0.1, 0.15) is 50.2 Å². The molecule has 31 heavy (non-hydrogen) atoms. The van der Waals surface area contributed by atoms with Crippen molar-refractivity contribution in [2.24, 2.45) is 5.92 Å². The summed E-state index contributed by atoms with van der Waals surface area (Å²) >= 11 is 0. The quantitative estimate of drug-likeness (QED) is 0.558. The first-order chi connectivity index (χ1) is 14.9. The number of carbonyl (C=O) groups is 1. The summed E-state index contributed by atoms with van der Waals surface area (Å²) in [4.78, 5) is 15.1. The topological polar surface area (TPSA) is 91.8 Å². The minimum Gasteiger partial charge on any atom is -0.504 e. The molecule has 2 spiro atoms. The van der Waals surface area contributed by atoms with E-state index < -0.39 is 28.8 Å². The molecule has 6 aliphatic rings. The number of phenolic OH excluding ortho intramolecular Hbond substituents is 1. The second-order valence-electron chi connectivity index (χ2n) is 10.5. The molecule has 0 amide bonds. The Morgan fingerprint density at radius 3 is 2.90 bits per heavy atom. The monoisotopic (exact) mass is 427 g/mol. The molecular formula is C24H29NO6. The molecule has 3 aliphatic carbocycles. The fraction of sp³-hybridized carbons (Fsp3) is 0.708. The number of fused-ring (bicyclic) bond motifs is 1. The maximum absolute atomic E-state index is 12.6. The fourth-order valence-electron chi connectivity index (χ4n) is 7.55. The number of piperidine rings is 1. The van der Waals surface area contributed by atoms with E-state index in [0.717, 1.165) is 43.0 Å². The summed E-state index contributed by atoms with van der Waals surface area (Å²) < 4.78 is 17.8. The van der Waals surface area contributed by atoms with Crippen molar-refractivity contribution in [3.05, 3.63) is 23.3 Å². The summed E-state index contributed by atoms with van der Waals surface area (Å²) in [6, 6.07) is 3.72. The Morgan fingerprint density at radius 2 is 2.13 bits per heavy atom. The number of esters is 1. The zero-order chi connectivity index (χ0) is 21.2. The zero-order valence-electron chi connectivity index (χ0n) is 17.8. The van der Waals surface area contributed by atoms with E-state index >= 15 is 0 Å². The van der Waals surface area contributed by atoms with E-state index in [-0.39, 0.29) is 17.8 Å². The summed E-state index contributed by atoms with van der Waals surface area (Å²) in [6.45, 7) is 4.03. The van der Waals surface area contributed by atoms with Gasteiger partial charge < -0.3 is 24.4 Å². The molecule has 166 valence electrons. The normalized spacial score (nSPS) is 44.0. The van der Waals surface area contributed by atoms with Gasteiger partial charge in [-0.25, -0.2) is 4.79 Å². The standard InChI is InChI=1S/C24H29NO6/c1-2-29-20(27)19-23(31-19)7-8-24(28)16-11-14-5-6-15(26)18-17(14)22(24,21(23)30-18)9-10-25(16)12-13-3-4-13/h5-6,13,16,19,21,26,28H,2-4,7-12H2,1H3/t16-,19+,21?,22+,23?,24?/m1/s1. The molecule has 2 saturated heterocycles. The van der Waals surface area contributed by atoms with Gasteiger partial charge in [0, 0.05) is 18.2 Å². The number of epoxide rings is 1. The van der Waals surface area contributed by atoms with E-state index in [1.807, 2.05) is 6.07 Å². The van der Waals surface area contributed by atoms with E-state index in [9.17, 15) is 15.0 Å². The first-order valence-corrected chi connectivity index (χ1v) is 11.8. The number of hydrogen-bond acceptors (Lipinski definition) is 7. The maximum Gasteiger partial charge on any atom is 0.338 e. The van der Waals surface area contributed by atoms with E-state index in [1.54, 1.807) is 13.0 Å². The molecule has 2 saturated carbocycles. The van der Waals surface area contributed by atoms with Crippen molar-refractivity contribution in [3.63, 3.8) is 0 Å². The number of benzene rings is 1. The third-order valence-electron chi connectivity index (χ3n) is 9.08. The largest absolute Gasteiger partial charge is 0.504 e. The van der Waals surface area contributed by atoms with Crippen LogP contribution in [-0.4, -0.2) is 70.2 Å². The van der Waals surface area contributed by atoms with E-state index in [2.05, 4.69) is 4.90 Å². The molecule has 4 fully saturated rings. The van der Waals surface area contributed by atoms with Gasteiger partial charge in [0.25, 0.3) is 0 Å². The Bertz CT molecular complexity index is 993. The van der Waals surface area contributed by atoms with Crippen LogP contribution in [0.4, 0.5) is 0 Å². The van der Waals surface area contributed by atoms with Crippen molar-refractivity contribution in [2.75, 3.05) is 19.7 Å². The number of phenols is 1. The molecule has 7 rings (SSSR count). The highest BCUT2D eigenvalue weighted by Gasteiger charge is 2.82. The van der Waals surface area contributed by atoms with Crippen LogP contribution in [0.5, 0.6) is 11.5 Å². The Morgan fingerprint density at radius 1 is 1.29 bits per heavy atom. The van der Waals surface area contributed by atoms with Gasteiger partial charge in [0.1, 0.15) is 11.7 Å². The number of aliphatic hydroxyl groups is 1. The van der Waals surface area contributed by atoms with Crippen LogP contribution in [0.25, 0.3) is 0 Å². The molecule has 0 aromatic heterocycles. The molecule has 3 aliphatic heterocycles. The maximum atomic E-state index is 12.6. The van der Waals surface area contributed by atoms with Crippen LogP contribution in [0, 0.1) is 5.92 Å². The molecule has 7 heteroatoms. The summed E-state index contributed by atoms with van der Waals surface area (Å²) in [5, 5.41) is 23.1. The number of nitrogens with zero attached hydrogens (tertiary/aromatic N) is 1. The molecular weight excluding hydrogens is 398 g/mol. The Kier molecular flexibility index (Phi) is 3.47. The van der Waals surface area contributed by atoms with Gasteiger partial charge >= 0.3 is 5.97 Å². The zero-order valence-corrected chi connectivity index (χ0v) is 17.8. The van der Waals surface area contributed by atoms with Crippen molar-refractivity contribution in [1.29, 1.82) is 0 Å². The highest BCUT2D eigenvalue weighted by molar-refractivity contribution is 5.80. The lowest BCUT2D eigenvalue weighted by atomic mass is 9.47. The second kappa shape index (κ2) is 5.74. The lowest BCUT2D eigenvalue weighted by molar-refractivity contribution is -0.201. The number of likely N-dealkylation sites (tertiary alicyclic amines) is 1. The number of carbonyl (C=O) groups excluding carboxylic acids is 1. The van der Waals surface area contributed by atoms with Gasteiger partial charge in [-0.3, -0.25) is 4.90 Å². The highest BCUT2D eigenvalue weighted by Crippen LogP contribution is 2.70. The minimum atomic E-state index is -0.965. The molecule has 3 heterocycles. The summed E-state index contributed by atoms with van der Waals surface area (Å²) in [5.41, 5.74) is -0.316. The van der Waals surface area contributed by atoms with Gasteiger partial charge in [-0.2, -0.15) is 0 Å². The van der Waals surface area contributed by atoms with Gasteiger partial charge in [0.2, 0.25) is 0 Å². The summed E-state index contributed by atoms with van der Waals surface area (Å²) in [6.07, 6.45) is 4.01. The van der Waals surface area contributed by atoms with E-state index in [1.165, 1.54) is 12.8 Å². The van der Waals surface area contributed by atoms with Crippen LogP contribution < -0.4 is 4.74 Å². The molecule has 1 aromatic rings. The molecule has 3 unspecified atom stereocenters. The van der Waals surface area contributed by atoms with E-state index in [4.69, 9.17) is 14.2 Å². The molecule has 0 radical (unpaired) electrons. The Balaban J connectivity index is 1.37. The first-order valence-electron chi connectivity index (χ1n) is 11.8. The van der Waals surface area contributed by atoms with Crippen LogP contribution >= 0.6 is 0 Å². The second-order valence-corrected chi connectivity index (χ2v) is 10.5. The predicted octanol–water partition coefficient (Wildman–Crippen LogP) is 1.66. The molecule has 2 bridgehead atoms. The van der Waals surface area contributed by atoms with Gasteiger partial charge in [0.15, 0.2) is 17.6 Å². The fourth-order valence-corrected chi connectivity index (χ4v) is 7.55. The smallest absolute Gasteiger partial charge is 0.338 e. The van der Waals surface area contributed by atoms with Crippen molar-refractivity contribution in [1.82, 2.24) is 4.90 Å². The third-order valence-corrected chi connectivity index (χ3v) is 9.08. The van der Waals surface area contributed by atoms with E-state index in [0.29, 0.717) is 25.2 Å². The number of ether oxygens (including phenoxy) is 3. The average Bonchev–Trinajstić information content (AvgIpc) is 3.65. The van der Waals surface area contributed by atoms with Gasteiger partial charge in [0.05, 0.1) is 17.6 Å². The van der Waals surface area contributed by atoms with Crippen molar-refractivity contribution in [3.8, 4) is 11.5 Å². The SMILES string of the molecule is CCOC(=O)[C@@H]1OC12CCC1(O)[C@H]3Cc4ccc(O)c5c4[C@@]1(CCN3CC1CC1)C2O5. The molecule has 7 nitrogen and oxygen atoms in total. The van der Waals surface area contributed by atoms with Crippen molar-refractivity contribution in [2.45, 2.75) is 80.3 Å². The molecule has 1 aromatic carbocycles. The van der Waals surface area contributed by atoms with Crippen LogP contribution in [0.15, 0.2) is 12.1 Å². The van der Waals surface area contributed by atoms with Crippen LogP contribution in [0.3, 0.4) is 0 Å². The lowest BCUT2D eigenvalue weighted by Crippen LogP contribution is -2.78. The van der Waals surface area contributed by atoms with Crippen LogP contribution in [0.2, 0.25) is 0 Å². The summed E-state index contributed by atoms with van der Waals surface area (Å²) in [7, 11) is 0. The Hall–Kier alpha value is -1.83. The first kappa shape index (κ1) is 18.7. The van der Waals surface area contributed by atoms with Gasteiger partial charge in [-0.05, 0) is 69.5 Å². The molecule has 2 N–H and O–H groups in total. The van der Waals surface area contributed by atoms with Crippen LogP contribution in [-0.2, 0) is 26.1 Å². The number of rotatable bonds is 4. The highest BCUT2D eigenvalue weighted by atomic mass is 16.7. The van der Waals surface area contributed by atoms with Gasteiger partial charge in [-0.15, -0.1) is 0 Å². The average molecular weight is 427 g/mol.